The Morgan fingerprint density at radius 1 is 1.16 bits per heavy atom. The van der Waals surface area contributed by atoms with Crippen molar-refractivity contribution in [2.24, 2.45) is 0 Å². The van der Waals surface area contributed by atoms with Gasteiger partial charge in [0.1, 0.15) is 12.0 Å². The Labute approximate surface area is 188 Å². The summed E-state index contributed by atoms with van der Waals surface area (Å²) in [7, 11) is 0. The predicted molar refractivity (Wildman–Crippen MR) is 120 cm³/mol. The average molecular weight is 452 g/mol. The zero-order valence-corrected chi connectivity index (χ0v) is 17.9. The molecule has 4 aromatic rings. The van der Waals surface area contributed by atoms with Crippen LogP contribution < -0.4 is 15.0 Å². The first kappa shape index (κ1) is 19.7. The Morgan fingerprint density at radius 2 is 2.06 bits per heavy atom. The number of nitrogens with zero attached hydrogens (tertiary/aromatic N) is 2. The maximum Gasteiger partial charge on any atom is 0.273 e. The first-order valence-electron chi connectivity index (χ1n) is 9.71. The van der Waals surface area contributed by atoms with Crippen molar-refractivity contribution in [2.75, 3.05) is 4.90 Å². The topological polar surface area (TPSA) is 67.6 Å². The van der Waals surface area contributed by atoms with E-state index >= 15 is 0 Å². The number of carbonyl (C=O) groups is 1. The zero-order chi connectivity index (χ0) is 21.2. The summed E-state index contributed by atoms with van der Waals surface area (Å²) < 4.78 is 11.7. The smallest absolute Gasteiger partial charge is 0.273 e. The van der Waals surface area contributed by atoms with E-state index in [-0.39, 0.29) is 11.6 Å². The number of hydrogen-bond donors (Lipinski definition) is 1. The van der Waals surface area contributed by atoms with Gasteiger partial charge in [0.25, 0.3) is 5.91 Å². The molecular formula is C23H18ClN3O3S. The fourth-order valence-corrected chi connectivity index (χ4v) is 4.24. The molecule has 6 nitrogen and oxygen atoms in total. The second-order valence-corrected chi connectivity index (χ2v) is 8.54. The van der Waals surface area contributed by atoms with E-state index in [1.165, 1.54) is 6.26 Å². The Balaban J connectivity index is 1.37. The van der Waals surface area contributed by atoms with Gasteiger partial charge in [0, 0.05) is 22.0 Å². The number of amides is 1. The average Bonchev–Trinajstić information content (AvgIpc) is 3.43. The third-order valence-corrected chi connectivity index (χ3v) is 6.04. The van der Waals surface area contributed by atoms with E-state index in [0.29, 0.717) is 36.3 Å². The molecule has 1 amide bonds. The Morgan fingerprint density at radius 3 is 2.94 bits per heavy atom. The largest absolute Gasteiger partial charge is 0.455 e. The van der Waals surface area contributed by atoms with E-state index in [1.807, 2.05) is 53.9 Å². The number of oxazole rings is 1. The van der Waals surface area contributed by atoms with Gasteiger partial charge in [-0.25, -0.2) is 4.98 Å². The van der Waals surface area contributed by atoms with Crippen LogP contribution in [0.2, 0.25) is 5.02 Å². The summed E-state index contributed by atoms with van der Waals surface area (Å²) in [4.78, 5) is 20.0. The van der Waals surface area contributed by atoms with Gasteiger partial charge in [-0.15, -0.1) is 11.3 Å². The van der Waals surface area contributed by atoms with Gasteiger partial charge in [-0.2, -0.15) is 0 Å². The number of nitrogens with one attached hydrogen (secondary N) is 1. The predicted octanol–water partition coefficient (Wildman–Crippen LogP) is 5.63. The van der Waals surface area contributed by atoms with Gasteiger partial charge in [-0.1, -0.05) is 35.9 Å². The summed E-state index contributed by atoms with van der Waals surface area (Å²) >= 11 is 7.85. The molecule has 0 saturated heterocycles. The lowest BCUT2D eigenvalue weighted by molar-refractivity contribution is 0.0946. The second kappa shape index (κ2) is 8.45. The molecule has 0 atom stereocenters. The molecule has 1 N–H and O–H groups in total. The number of anilines is 1. The van der Waals surface area contributed by atoms with Crippen LogP contribution in [0, 0.1) is 0 Å². The van der Waals surface area contributed by atoms with E-state index in [4.69, 9.17) is 20.8 Å². The van der Waals surface area contributed by atoms with Crippen LogP contribution >= 0.6 is 22.9 Å². The molecule has 0 fully saturated rings. The van der Waals surface area contributed by atoms with E-state index in [0.717, 1.165) is 21.9 Å². The van der Waals surface area contributed by atoms with Crippen LogP contribution in [0.4, 0.5) is 5.69 Å². The number of hydrogen-bond acceptors (Lipinski definition) is 6. The molecule has 0 spiro atoms. The number of carbonyl (C=O) groups excluding carboxylic acids is 1. The zero-order valence-electron chi connectivity index (χ0n) is 16.4. The van der Waals surface area contributed by atoms with Crippen molar-refractivity contribution >= 4 is 34.5 Å². The normalized spacial score (nSPS) is 12.5. The minimum atomic E-state index is -0.267. The monoisotopic (exact) mass is 451 g/mol. The summed E-state index contributed by atoms with van der Waals surface area (Å²) in [6, 6.07) is 17.3. The summed E-state index contributed by atoms with van der Waals surface area (Å²) in [6.45, 7) is 1.42. The van der Waals surface area contributed by atoms with Gasteiger partial charge in [0.15, 0.2) is 11.4 Å². The molecule has 5 rings (SSSR count). The minimum Gasteiger partial charge on any atom is -0.455 e. The molecule has 31 heavy (non-hydrogen) atoms. The number of rotatable bonds is 5. The van der Waals surface area contributed by atoms with Crippen molar-refractivity contribution < 1.29 is 13.9 Å². The third-order valence-electron chi connectivity index (χ3n) is 4.93. The molecule has 2 aromatic heterocycles. The van der Waals surface area contributed by atoms with E-state index in [9.17, 15) is 4.79 Å². The van der Waals surface area contributed by atoms with Crippen molar-refractivity contribution in [2.45, 2.75) is 19.6 Å². The highest BCUT2D eigenvalue weighted by atomic mass is 35.5. The molecule has 1 aliphatic heterocycles. The van der Waals surface area contributed by atoms with Crippen LogP contribution in [0.1, 0.15) is 26.8 Å². The standard InChI is InChI=1S/C23H18ClN3O3S/c24-16-7-8-21-19(10-16)27(12-15-4-1-2-6-20(15)30-21)13-22-26-18(14-29-22)23(28)25-11-17-5-3-9-31-17/h1-10,14H,11-13H2,(H,25,28). The van der Waals surface area contributed by atoms with Crippen molar-refractivity contribution in [1.82, 2.24) is 10.3 Å². The van der Waals surface area contributed by atoms with Gasteiger partial charge in [-0.3, -0.25) is 4.79 Å². The molecule has 156 valence electrons. The number of aromatic nitrogens is 1. The van der Waals surface area contributed by atoms with E-state index in [2.05, 4.69) is 15.2 Å². The van der Waals surface area contributed by atoms with Crippen LogP contribution in [0.3, 0.4) is 0 Å². The van der Waals surface area contributed by atoms with Crippen molar-refractivity contribution in [3.63, 3.8) is 0 Å². The molecule has 8 heteroatoms. The SMILES string of the molecule is O=C(NCc1cccs1)c1coc(CN2Cc3ccccc3Oc3ccc(Cl)cc32)n1. The van der Waals surface area contributed by atoms with Crippen LogP contribution in [0.25, 0.3) is 0 Å². The summed E-state index contributed by atoms with van der Waals surface area (Å²) in [6.07, 6.45) is 1.39. The maximum absolute atomic E-state index is 12.4. The number of halogens is 1. The van der Waals surface area contributed by atoms with Gasteiger partial charge >= 0.3 is 0 Å². The number of thiophene rings is 1. The Bertz CT molecular complexity index is 1220. The summed E-state index contributed by atoms with van der Waals surface area (Å²) in [5.41, 5.74) is 2.13. The van der Waals surface area contributed by atoms with E-state index < -0.39 is 0 Å². The molecule has 3 heterocycles. The summed E-state index contributed by atoms with van der Waals surface area (Å²) in [5, 5.41) is 5.45. The van der Waals surface area contributed by atoms with E-state index in [1.54, 1.807) is 17.4 Å². The number of ether oxygens (including phenoxy) is 1. The van der Waals surface area contributed by atoms with Crippen LogP contribution in [0.5, 0.6) is 11.5 Å². The third kappa shape index (κ3) is 4.28. The second-order valence-electron chi connectivity index (χ2n) is 7.07. The molecule has 0 saturated carbocycles. The van der Waals surface area contributed by atoms with Crippen molar-refractivity contribution in [3.05, 3.63) is 93.3 Å². The fraction of sp³-hybridized carbons (Fsp3) is 0.130. The van der Waals surface area contributed by atoms with Gasteiger partial charge in [0.2, 0.25) is 5.89 Å². The molecule has 0 bridgehead atoms. The maximum atomic E-state index is 12.4. The molecule has 2 aromatic carbocycles. The lowest BCUT2D eigenvalue weighted by Crippen LogP contribution is -2.23. The summed E-state index contributed by atoms with van der Waals surface area (Å²) in [5.74, 6) is 1.67. The first-order valence-corrected chi connectivity index (χ1v) is 11.0. The quantitative estimate of drug-likeness (QED) is 0.425. The van der Waals surface area contributed by atoms with Crippen LogP contribution in [-0.2, 0) is 19.6 Å². The highest BCUT2D eigenvalue weighted by Gasteiger charge is 2.23. The Hall–Kier alpha value is -3.29. The van der Waals surface area contributed by atoms with Gasteiger partial charge in [-0.05, 0) is 35.7 Å². The van der Waals surface area contributed by atoms with Crippen molar-refractivity contribution in [1.29, 1.82) is 0 Å². The lowest BCUT2D eigenvalue weighted by Gasteiger charge is -2.22. The number of fused-ring (bicyclic) bond motifs is 2. The number of benzene rings is 2. The molecule has 0 aliphatic carbocycles. The van der Waals surface area contributed by atoms with Crippen LogP contribution in [-0.4, -0.2) is 10.9 Å². The highest BCUT2D eigenvalue weighted by molar-refractivity contribution is 7.09. The highest BCUT2D eigenvalue weighted by Crippen LogP contribution is 2.40. The minimum absolute atomic E-state index is 0.254. The van der Waals surface area contributed by atoms with Crippen molar-refractivity contribution in [3.8, 4) is 11.5 Å². The Kier molecular flexibility index (Phi) is 5.36. The molecule has 0 unspecified atom stereocenters. The first-order chi connectivity index (χ1) is 15.2. The fourth-order valence-electron chi connectivity index (χ4n) is 3.43. The van der Waals surface area contributed by atoms with Crippen LogP contribution in [0.15, 0.2) is 70.7 Å². The molecule has 0 radical (unpaired) electrons. The molecule has 1 aliphatic rings. The molecular weight excluding hydrogens is 434 g/mol. The lowest BCUT2D eigenvalue weighted by atomic mass is 10.2. The number of para-hydroxylation sites is 1. The van der Waals surface area contributed by atoms with Gasteiger partial charge < -0.3 is 19.4 Å². The van der Waals surface area contributed by atoms with Gasteiger partial charge in [0.05, 0.1) is 18.8 Å².